The summed E-state index contributed by atoms with van der Waals surface area (Å²) in [5.74, 6) is -3.44. The Hall–Kier alpha value is -4.16. The molecule has 0 atom stereocenters. The highest BCUT2D eigenvalue weighted by atomic mass is 32.2. The van der Waals surface area contributed by atoms with Crippen molar-refractivity contribution in [1.29, 1.82) is 0 Å². The maximum atomic E-state index is 12.4. The van der Waals surface area contributed by atoms with Crippen molar-refractivity contribution in [3.63, 3.8) is 0 Å². The van der Waals surface area contributed by atoms with Gasteiger partial charge < -0.3 is 33.2 Å². The highest BCUT2D eigenvalue weighted by Crippen LogP contribution is 2.21. The summed E-state index contributed by atoms with van der Waals surface area (Å²) in [6.07, 6.45) is 2.57. The largest absolute Gasteiger partial charge is 0.500 e. The Morgan fingerprint density at radius 1 is 0.623 bits per heavy atom. The first-order valence-corrected chi connectivity index (χ1v) is 19.7. The molecule has 0 aliphatic carbocycles. The molecule has 15 nitrogen and oxygen atoms in total. The first kappa shape index (κ1) is 50.9. The molecular formula is C36H54O15S2. The summed E-state index contributed by atoms with van der Waals surface area (Å²) in [4.78, 5) is 41.8. The Labute approximate surface area is 313 Å². The van der Waals surface area contributed by atoms with Gasteiger partial charge in [0.05, 0.1) is 30.6 Å². The van der Waals surface area contributed by atoms with E-state index in [4.69, 9.17) is 18.9 Å². The van der Waals surface area contributed by atoms with Crippen LogP contribution in [0.3, 0.4) is 0 Å². The van der Waals surface area contributed by atoms with Gasteiger partial charge in [-0.25, -0.2) is 21.6 Å². The monoisotopic (exact) mass is 790 g/mol. The summed E-state index contributed by atoms with van der Waals surface area (Å²) in [5, 5.41) is 0. The van der Waals surface area contributed by atoms with Crippen molar-refractivity contribution in [2.75, 3.05) is 46.4 Å². The summed E-state index contributed by atoms with van der Waals surface area (Å²) < 4.78 is 81.1. The van der Waals surface area contributed by atoms with Gasteiger partial charge in [0.15, 0.2) is 20.5 Å². The average Bonchev–Trinajstić information content (AvgIpc) is 3.12. The molecule has 2 rings (SSSR count). The predicted molar refractivity (Wildman–Crippen MR) is 196 cm³/mol. The zero-order chi connectivity index (χ0) is 41.0. The predicted octanol–water partition coefficient (Wildman–Crippen LogP) is 4.74. The Kier molecular flexibility index (Phi) is 27.3. The van der Waals surface area contributed by atoms with E-state index >= 15 is 0 Å². The van der Waals surface area contributed by atoms with Crippen LogP contribution in [0.1, 0.15) is 66.5 Å². The van der Waals surface area contributed by atoms with Crippen LogP contribution < -0.4 is 0 Å². The van der Waals surface area contributed by atoms with Crippen molar-refractivity contribution in [2.45, 2.75) is 84.5 Å². The molecule has 0 saturated heterocycles. The van der Waals surface area contributed by atoms with E-state index in [1.54, 1.807) is 31.2 Å². The third-order valence-corrected chi connectivity index (χ3v) is 9.44. The van der Waals surface area contributed by atoms with Crippen LogP contribution in [0.15, 0.2) is 69.5 Å². The Morgan fingerprint density at radius 3 is 1.34 bits per heavy atom. The van der Waals surface area contributed by atoms with Gasteiger partial charge in [-0.3, -0.25) is 14.4 Å². The number of esters is 4. The van der Waals surface area contributed by atoms with Crippen LogP contribution in [-0.4, -0.2) is 93.6 Å². The van der Waals surface area contributed by atoms with Gasteiger partial charge in [0, 0.05) is 33.7 Å². The van der Waals surface area contributed by atoms with E-state index < -0.39 is 60.7 Å². The van der Waals surface area contributed by atoms with Gasteiger partial charge in [-0.15, -0.1) is 0 Å². The second kappa shape index (κ2) is 28.4. The molecule has 0 fully saturated rings. The van der Waals surface area contributed by atoms with Crippen molar-refractivity contribution in [1.82, 2.24) is 0 Å². The normalized spacial score (nSPS) is 11.0. The van der Waals surface area contributed by atoms with Gasteiger partial charge in [-0.05, 0) is 75.9 Å². The second-order valence-electron chi connectivity index (χ2n) is 10.0. The number of hydrogen-bond acceptors (Lipinski definition) is 15. The minimum atomic E-state index is -3.95. The Bertz CT molecular complexity index is 1590. The van der Waals surface area contributed by atoms with Crippen LogP contribution in [-0.2, 0) is 84.9 Å². The van der Waals surface area contributed by atoms with Gasteiger partial charge in [-0.2, -0.15) is 0 Å². The molecule has 0 radical (unpaired) electrons. The van der Waals surface area contributed by atoms with E-state index in [0.29, 0.717) is 19.8 Å². The number of carbonyl (C=O) groups is 4. The van der Waals surface area contributed by atoms with Crippen LogP contribution in [0.25, 0.3) is 0 Å². The highest BCUT2D eigenvalue weighted by molar-refractivity contribution is 7.96. The smallest absolute Gasteiger partial charge is 0.353 e. The van der Waals surface area contributed by atoms with Crippen molar-refractivity contribution in [3.8, 4) is 0 Å². The lowest BCUT2D eigenvalue weighted by atomic mass is 10.2. The lowest BCUT2D eigenvalue weighted by Gasteiger charge is -2.15. The molecule has 0 N–H and O–H groups in total. The number of methoxy groups -OCH3 is 2. The summed E-state index contributed by atoms with van der Waals surface area (Å²) in [6.45, 7) is 15.4. The molecule has 0 aliphatic heterocycles. The number of benzene rings is 2. The van der Waals surface area contributed by atoms with Crippen LogP contribution in [0.4, 0.5) is 0 Å². The Balaban J connectivity index is 0. The van der Waals surface area contributed by atoms with E-state index in [9.17, 15) is 36.0 Å². The molecule has 0 heterocycles. The lowest BCUT2D eigenvalue weighted by molar-refractivity contribution is -0.282. The minimum Gasteiger partial charge on any atom is -0.500 e. The topological polar surface area (TPSA) is 201 Å². The van der Waals surface area contributed by atoms with Crippen LogP contribution in [0, 0.1) is 0 Å². The molecule has 2 aromatic carbocycles. The van der Waals surface area contributed by atoms with Crippen molar-refractivity contribution >= 4 is 43.6 Å². The summed E-state index contributed by atoms with van der Waals surface area (Å²) >= 11 is 0. The third-order valence-electron chi connectivity index (χ3n) is 6.10. The van der Waals surface area contributed by atoms with Crippen molar-refractivity contribution < 1.29 is 69.2 Å². The van der Waals surface area contributed by atoms with Crippen LogP contribution in [0.5, 0.6) is 0 Å². The standard InChI is InChI=1S/C14H18O5S.C11H14O4S.C7H16O3.C4H6O3/c1-4-11-6-8-12(9-7-11)20(16,17)13(10-19-5-2)14(15)18-3;1-3-9-4-6-10(7-5-9)16(13,14)8-11(12)15-2;1-4-8-7(9-5-2)10-6-3;1-3(5)7-4(2)6/h6-10H,4-5H2,1-3H3;4-7H,3,8H2,1-2H3;7H,4-6H2,1-3H3;1-2H3/b13-10+;;;. The fraction of sp³-hybridized carbons (Fsp3) is 0.500. The van der Waals surface area contributed by atoms with E-state index in [2.05, 4.69) is 14.2 Å². The van der Waals surface area contributed by atoms with Gasteiger partial charge >= 0.3 is 23.9 Å². The van der Waals surface area contributed by atoms with Crippen LogP contribution in [0.2, 0.25) is 0 Å². The van der Waals surface area contributed by atoms with Crippen molar-refractivity contribution in [3.05, 3.63) is 70.8 Å². The van der Waals surface area contributed by atoms with Gasteiger partial charge in [-0.1, -0.05) is 38.1 Å². The van der Waals surface area contributed by atoms with Crippen molar-refractivity contribution in [2.24, 2.45) is 0 Å². The molecule has 0 saturated carbocycles. The lowest BCUT2D eigenvalue weighted by Crippen LogP contribution is -2.20. The molecule has 0 unspecified atom stereocenters. The van der Waals surface area contributed by atoms with E-state index in [1.807, 2.05) is 34.6 Å². The number of carbonyl (C=O) groups excluding carboxylic acids is 4. The summed E-state index contributed by atoms with van der Waals surface area (Å²) in [6, 6.07) is 12.9. The molecule has 300 valence electrons. The molecule has 2 aromatic rings. The molecule has 0 amide bonds. The number of hydrogen-bond donors (Lipinski definition) is 0. The number of sulfone groups is 2. The van der Waals surface area contributed by atoms with E-state index in [-0.39, 0.29) is 16.4 Å². The SMILES string of the molecule is CC(=O)OC(C)=O.CCO/C=C(\C(=O)OC)S(=O)(=O)c1ccc(CC)cc1.CCOC(OCC)OCC.CCc1ccc(S(=O)(=O)CC(=O)OC)cc1. The van der Waals surface area contributed by atoms with E-state index in [1.165, 1.54) is 38.1 Å². The number of aryl methyl sites for hydroxylation is 2. The minimum absolute atomic E-state index is 0.0334. The molecule has 0 bridgehead atoms. The molecule has 17 heteroatoms. The highest BCUT2D eigenvalue weighted by Gasteiger charge is 2.28. The quantitative estimate of drug-likeness (QED) is 0.0563. The third kappa shape index (κ3) is 21.8. The Morgan fingerprint density at radius 2 is 1.04 bits per heavy atom. The molecule has 53 heavy (non-hydrogen) atoms. The maximum Gasteiger partial charge on any atom is 0.353 e. The van der Waals surface area contributed by atoms with Gasteiger partial charge in [0.2, 0.25) is 9.84 Å². The number of ether oxygens (including phenoxy) is 7. The summed E-state index contributed by atoms with van der Waals surface area (Å²) in [5.41, 5.74) is 2.06. The first-order chi connectivity index (χ1) is 24.9. The molecule has 0 aromatic heterocycles. The zero-order valence-corrected chi connectivity index (χ0v) is 33.8. The van der Waals surface area contributed by atoms with E-state index in [0.717, 1.165) is 44.5 Å². The van der Waals surface area contributed by atoms with Crippen LogP contribution >= 0.6 is 0 Å². The molecular weight excluding hydrogens is 737 g/mol. The number of rotatable bonds is 16. The molecule has 0 aliphatic rings. The average molecular weight is 791 g/mol. The summed E-state index contributed by atoms with van der Waals surface area (Å²) in [7, 11) is -5.23. The molecule has 0 spiro atoms. The second-order valence-corrected chi connectivity index (χ2v) is 13.9. The maximum absolute atomic E-state index is 12.4. The fourth-order valence-electron chi connectivity index (χ4n) is 3.50. The zero-order valence-electron chi connectivity index (χ0n) is 32.2. The first-order valence-electron chi connectivity index (χ1n) is 16.6. The van der Waals surface area contributed by atoms with Gasteiger partial charge in [0.25, 0.3) is 6.48 Å². The van der Waals surface area contributed by atoms with Gasteiger partial charge in [0.1, 0.15) is 6.26 Å². The fourth-order valence-corrected chi connectivity index (χ4v) is 5.89.